The highest BCUT2D eigenvalue weighted by Gasteiger charge is 2.51. The number of hydrogen-bond acceptors (Lipinski definition) is 3. The molecule has 0 radical (unpaired) electrons. The van der Waals surface area contributed by atoms with Gasteiger partial charge < -0.3 is 14.8 Å². The van der Waals surface area contributed by atoms with Crippen molar-refractivity contribution in [2.75, 3.05) is 0 Å². The summed E-state index contributed by atoms with van der Waals surface area (Å²) in [4.78, 5) is 29.4. The summed E-state index contributed by atoms with van der Waals surface area (Å²) in [6.07, 6.45) is 8.93. The summed E-state index contributed by atoms with van der Waals surface area (Å²) in [6.45, 7) is 4.77. The molecule has 0 spiro atoms. The van der Waals surface area contributed by atoms with Gasteiger partial charge in [0.05, 0.1) is 16.8 Å². The number of carbonyl (C=O) groups excluding carboxylic acids is 2. The zero-order chi connectivity index (χ0) is 20.2. The zero-order valence-electron chi connectivity index (χ0n) is 17.4. The molecule has 29 heavy (non-hydrogen) atoms. The van der Waals surface area contributed by atoms with Crippen molar-refractivity contribution >= 4 is 33.4 Å². The van der Waals surface area contributed by atoms with Gasteiger partial charge in [0, 0.05) is 12.1 Å². The van der Waals surface area contributed by atoms with E-state index in [4.69, 9.17) is 0 Å². The number of nitrogens with one attached hydrogen (secondary N) is 1. The minimum absolute atomic E-state index is 0.0271. The molecule has 2 aromatic rings. The van der Waals surface area contributed by atoms with E-state index in [-0.39, 0.29) is 23.9 Å². The van der Waals surface area contributed by atoms with Gasteiger partial charge in [-0.1, -0.05) is 32.6 Å². The number of fused-ring (bicyclic) bond motifs is 3. The van der Waals surface area contributed by atoms with Gasteiger partial charge in [-0.05, 0) is 56.0 Å². The van der Waals surface area contributed by atoms with E-state index < -0.39 is 5.54 Å². The predicted octanol–water partition coefficient (Wildman–Crippen LogP) is 4.55. The lowest BCUT2D eigenvalue weighted by molar-refractivity contribution is -0.135. The number of amides is 2. The molecule has 156 valence electrons. The normalized spacial score (nSPS) is 30.7. The van der Waals surface area contributed by atoms with Crippen LogP contribution in [-0.4, -0.2) is 38.9 Å². The van der Waals surface area contributed by atoms with Gasteiger partial charge in [-0.15, -0.1) is 11.3 Å². The topological polar surface area (TPSA) is 54.3 Å². The molecule has 5 nitrogen and oxygen atoms in total. The predicted molar refractivity (Wildman–Crippen MR) is 116 cm³/mol. The SMILES string of the molecule is CC1CCCCC1NC(=O)C1(C)Cn2c(cc3sccc32)C(=O)N1C1CCCC1. The Morgan fingerprint density at radius 3 is 2.66 bits per heavy atom. The Bertz CT molecular complexity index is 941. The first-order valence-electron chi connectivity index (χ1n) is 11.2. The fourth-order valence-corrected chi connectivity index (χ4v) is 6.65. The molecule has 0 saturated heterocycles. The first-order chi connectivity index (χ1) is 14.0. The van der Waals surface area contributed by atoms with E-state index in [0.29, 0.717) is 12.5 Å². The van der Waals surface area contributed by atoms with E-state index in [0.717, 1.165) is 48.0 Å². The molecule has 6 heteroatoms. The molecule has 3 unspecified atom stereocenters. The monoisotopic (exact) mass is 413 g/mol. The van der Waals surface area contributed by atoms with Crippen LogP contribution in [0.3, 0.4) is 0 Å². The first-order valence-corrected chi connectivity index (χ1v) is 12.1. The summed E-state index contributed by atoms with van der Waals surface area (Å²) in [7, 11) is 0. The van der Waals surface area contributed by atoms with E-state index in [1.54, 1.807) is 11.3 Å². The molecule has 2 aliphatic carbocycles. The van der Waals surface area contributed by atoms with Crippen molar-refractivity contribution in [3.63, 3.8) is 0 Å². The number of carbonyl (C=O) groups is 2. The molecule has 3 aliphatic rings. The number of hydrogen-bond donors (Lipinski definition) is 1. The van der Waals surface area contributed by atoms with Crippen LogP contribution >= 0.6 is 11.3 Å². The second-order valence-corrected chi connectivity index (χ2v) is 10.5. The standard InChI is InChI=1S/C23H31N3O2S/c1-15-7-3-6-10-17(15)24-22(28)23(2)14-25-18-11-12-29-20(18)13-19(25)21(27)26(23)16-8-4-5-9-16/h11-13,15-17H,3-10,14H2,1-2H3,(H,24,28). The van der Waals surface area contributed by atoms with Gasteiger partial charge >= 0.3 is 0 Å². The summed E-state index contributed by atoms with van der Waals surface area (Å²) in [5, 5.41) is 5.44. The molecule has 0 aromatic carbocycles. The lowest BCUT2D eigenvalue weighted by Gasteiger charge is -2.48. The van der Waals surface area contributed by atoms with Crippen LogP contribution in [0, 0.1) is 5.92 Å². The molecule has 5 rings (SSSR count). The van der Waals surface area contributed by atoms with Crippen molar-refractivity contribution in [1.29, 1.82) is 0 Å². The van der Waals surface area contributed by atoms with E-state index in [1.807, 2.05) is 17.9 Å². The minimum Gasteiger partial charge on any atom is -0.351 e. The van der Waals surface area contributed by atoms with Crippen LogP contribution < -0.4 is 5.32 Å². The van der Waals surface area contributed by atoms with E-state index in [1.165, 1.54) is 19.3 Å². The van der Waals surface area contributed by atoms with Crippen molar-refractivity contribution < 1.29 is 9.59 Å². The van der Waals surface area contributed by atoms with Crippen molar-refractivity contribution in [3.05, 3.63) is 23.2 Å². The highest BCUT2D eigenvalue weighted by atomic mass is 32.1. The summed E-state index contributed by atoms with van der Waals surface area (Å²) >= 11 is 1.66. The average molecular weight is 414 g/mol. The Morgan fingerprint density at radius 1 is 1.17 bits per heavy atom. The summed E-state index contributed by atoms with van der Waals surface area (Å²) < 4.78 is 3.22. The number of aromatic nitrogens is 1. The molecular weight excluding hydrogens is 382 g/mol. The van der Waals surface area contributed by atoms with Crippen LogP contribution in [0.25, 0.3) is 10.2 Å². The van der Waals surface area contributed by atoms with E-state index >= 15 is 0 Å². The van der Waals surface area contributed by atoms with Gasteiger partial charge in [0.2, 0.25) is 5.91 Å². The van der Waals surface area contributed by atoms with Gasteiger partial charge in [0.1, 0.15) is 11.2 Å². The third-order valence-electron chi connectivity index (χ3n) is 7.57. The lowest BCUT2D eigenvalue weighted by Crippen LogP contribution is -2.67. The molecule has 3 atom stereocenters. The molecule has 2 amide bonds. The quantitative estimate of drug-likeness (QED) is 0.802. The lowest BCUT2D eigenvalue weighted by atomic mass is 9.84. The molecule has 2 saturated carbocycles. The molecule has 1 N–H and O–H groups in total. The van der Waals surface area contributed by atoms with Gasteiger partial charge in [-0.2, -0.15) is 0 Å². The third kappa shape index (κ3) is 3.02. The van der Waals surface area contributed by atoms with Gasteiger partial charge in [0.25, 0.3) is 5.91 Å². The first kappa shape index (κ1) is 19.2. The molecule has 0 bridgehead atoms. The van der Waals surface area contributed by atoms with Crippen LogP contribution in [-0.2, 0) is 11.3 Å². The third-order valence-corrected chi connectivity index (χ3v) is 8.42. The Kier molecular flexibility index (Phi) is 4.72. The van der Waals surface area contributed by atoms with Crippen LogP contribution in [0.1, 0.15) is 75.7 Å². The molecular formula is C23H31N3O2S. The van der Waals surface area contributed by atoms with Crippen molar-refractivity contribution in [1.82, 2.24) is 14.8 Å². The van der Waals surface area contributed by atoms with Crippen LogP contribution in [0.15, 0.2) is 17.5 Å². The Labute approximate surface area is 176 Å². The zero-order valence-corrected chi connectivity index (χ0v) is 18.3. The van der Waals surface area contributed by atoms with Crippen LogP contribution in [0.4, 0.5) is 0 Å². The number of nitrogens with zero attached hydrogens (tertiary/aromatic N) is 2. The molecule has 2 fully saturated rings. The van der Waals surface area contributed by atoms with Crippen molar-refractivity contribution in [2.45, 2.75) is 89.4 Å². The van der Waals surface area contributed by atoms with E-state index in [9.17, 15) is 9.59 Å². The number of thiophene rings is 1. The van der Waals surface area contributed by atoms with E-state index in [2.05, 4.69) is 28.3 Å². The Hall–Kier alpha value is -1.82. The largest absolute Gasteiger partial charge is 0.351 e. The molecule has 3 heterocycles. The van der Waals surface area contributed by atoms with Crippen molar-refractivity contribution in [3.8, 4) is 0 Å². The smallest absolute Gasteiger partial charge is 0.271 e. The molecule has 2 aromatic heterocycles. The van der Waals surface area contributed by atoms with Gasteiger partial charge in [-0.25, -0.2) is 0 Å². The summed E-state index contributed by atoms with van der Waals surface area (Å²) in [5.74, 6) is 0.557. The minimum atomic E-state index is -0.843. The number of rotatable bonds is 3. The second-order valence-electron chi connectivity index (χ2n) is 9.51. The Balaban J connectivity index is 1.53. The van der Waals surface area contributed by atoms with Gasteiger partial charge in [-0.3, -0.25) is 9.59 Å². The highest BCUT2D eigenvalue weighted by molar-refractivity contribution is 7.17. The highest BCUT2D eigenvalue weighted by Crippen LogP contribution is 2.39. The fourth-order valence-electron chi connectivity index (χ4n) is 5.82. The maximum absolute atomic E-state index is 13.7. The maximum atomic E-state index is 13.7. The van der Waals surface area contributed by atoms with Crippen molar-refractivity contribution in [2.24, 2.45) is 5.92 Å². The summed E-state index contributed by atoms with van der Waals surface area (Å²) in [6, 6.07) is 4.48. The average Bonchev–Trinajstić information content (AvgIpc) is 3.42. The Morgan fingerprint density at radius 2 is 1.90 bits per heavy atom. The van der Waals surface area contributed by atoms with Crippen LogP contribution in [0.2, 0.25) is 0 Å². The summed E-state index contributed by atoms with van der Waals surface area (Å²) in [5.41, 5.74) is 0.981. The van der Waals surface area contributed by atoms with Gasteiger partial charge in [0.15, 0.2) is 0 Å². The van der Waals surface area contributed by atoms with Crippen LogP contribution in [0.5, 0.6) is 0 Å². The maximum Gasteiger partial charge on any atom is 0.271 e. The second kappa shape index (κ2) is 7.15. The fraction of sp³-hybridized carbons (Fsp3) is 0.652. The molecule has 1 aliphatic heterocycles.